The van der Waals surface area contributed by atoms with E-state index in [-0.39, 0.29) is 5.54 Å². The Hall–Kier alpha value is -1.43. The fraction of sp³-hybridized carbons (Fsp3) is 0.545. The second-order valence-electron chi connectivity index (χ2n) is 4.51. The number of thiazole rings is 1. The van der Waals surface area contributed by atoms with E-state index < -0.39 is 11.8 Å². The zero-order chi connectivity index (χ0) is 13.1. The summed E-state index contributed by atoms with van der Waals surface area (Å²) in [5, 5.41) is 4.66. The normalized spacial score (nSPS) is 11.1. The van der Waals surface area contributed by atoms with Crippen LogP contribution in [0.25, 0.3) is 0 Å². The van der Waals surface area contributed by atoms with Crippen molar-refractivity contribution in [2.45, 2.75) is 33.2 Å². The molecule has 5 nitrogen and oxygen atoms in total. The Labute approximate surface area is 105 Å². The van der Waals surface area contributed by atoms with Crippen molar-refractivity contribution in [1.82, 2.24) is 9.88 Å². The van der Waals surface area contributed by atoms with E-state index in [1.807, 2.05) is 27.7 Å². The average molecular weight is 255 g/mol. The Morgan fingerprint density at radius 1 is 1.47 bits per heavy atom. The molecule has 0 radical (unpaired) electrons. The van der Waals surface area contributed by atoms with E-state index in [1.165, 1.54) is 16.2 Å². The molecule has 0 fully saturated rings. The van der Waals surface area contributed by atoms with Crippen LogP contribution in [-0.2, 0) is 9.59 Å². The van der Waals surface area contributed by atoms with E-state index in [0.29, 0.717) is 11.7 Å². The summed E-state index contributed by atoms with van der Waals surface area (Å²) in [6, 6.07) is 0. The second-order valence-corrected chi connectivity index (χ2v) is 5.41. The molecule has 0 aromatic carbocycles. The number of amides is 2. The summed E-state index contributed by atoms with van der Waals surface area (Å²) < 4.78 is 0. The Morgan fingerprint density at radius 3 is 2.53 bits per heavy atom. The molecule has 0 spiro atoms. The van der Waals surface area contributed by atoms with E-state index in [2.05, 4.69) is 10.3 Å². The van der Waals surface area contributed by atoms with Crippen LogP contribution < -0.4 is 5.32 Å². The number of rotatable bonds is 2. The van der Waals surface area contributed by atoms with E-state index >= 15 is 0 Å². The first kappa shape index (κ1) is 13.6. The van der Waals surface area contributed by atoms with Gasteiger partial charge in [-0.25, -0.2) is 4.98 Å². The highest BCUT2D eigenvalue weighted by atomic mass is 32.1. The van der Waals surface area contributed by atoms with Gasteiger partial charge in [0.1, 0.15) is 0 Å². The highest BCUT2D eigenvalue weighted by molar-refractivity contribution is 7.13. The van der Waals surface area contributed by atoms with Crippen molar-refractivity contribution in [2.75, 3.05) is 11.9 Å². The number of carbonyl (C=O) groups is 2. The fourth-order valence-corrected chi connectivity index (χ4v) is 2.00. The molecule has 1 rings (SSSR count). The monoisotopic (exact) mass is 255 g/mol. The average Bonchev–Trinajstić information content (AvgIpc) is 2.69. The van der Waals surface area contributed by atoms with Crippen LogP contribution in [0.3, 0.4) is 0 Å². The minimum absolute atomic E-state index is 0.369. The molecular weight excluding hydrogens is 238 g/mol. The molecule has 1 N–H and O–H groups in total. The van der Waals surface area contributed by atoms with Crippen molar-refractivity contribution in [3.05, 3.63) is 11.6 Å². The maximum absolute atomic E-state index is 11.9. The quantitative estimate of drug-likeness (QED) is 0.819. The summed E-state index contributed by atoms with van der Waals surface area (Å²) in [4.78, 5) is 29.1. The summed E-state index contributed by atoms with van der Waals surface area (Å²) in [5.74, 6) is -1.17. The van der Waals surface area contributed by atoms with Crippen LogP contribution in [-0.4, -0.2) is 33.8 Å². The van der Waals surface area contributed by atoms with Crippen molar-refractivity contribution < 1.29 is 9.59 Å². The number of carbonyl (C=O) groups excluding carboxylic acids is 2. The van der Waals surface area contributed by atoms with Gasteiger partial charge in [0.2, 0.25) is 0 Å². The third-order valence-electron chi connectivity index (χ3n) is 2.22. The Balaban J connectivity index is 2.72. The standard InChI is InChI=1S/C11H17N3O2S/c1-5-14(11(2,3)4)9(16)8(15)13-10-12-6-7-17-10/h6-7H,5H2,1-4H3,(H,12,13,15). The molecule has 0 aliphatic carbocycles. The molecule has 0 saturated carbocycles. The molecule has 0 bridgehead atoms. The van der Waals surface area contributed by atoms with Crippen molar-refractivity contribution in [3.63, 3.8) is 0 Å². The van der Waals surface area contributed by atoms with Gasteiger partial charge in [-0.1, -0.05) is 0 Å². The van der Waals surface area contributed by atoms with Crippen molar-refractivity contribution in [1.29, 1.82) is 0 Å². The fourth-order valence-electron chi connectivity index (χ4n) is 1.48. The molecular formula is C11H17N3O2S. The molecule has 94 valence electrons. The first-order valence-electron chi connectivity index (χ1n) is 5.38. The number of hydrogen-bond acceptors (Lipinski definition) is 4. The summed E-state index contributed by atoms with van der Waals surface area (Å²) in [6.07, 6.45) is 1.58. The van der Waals surface area contributed by atoms with Gasteiger partial charge in [-0.05, 0) is 27.7 Å². The van der Waals surface area contributed by atoms with E-state index in [9.17, 15) is 9.59 Å². The van der Waals surface area contributed by atoms with Crippen molar-refractivity contribution >= 4 is 28.3 Å². The van der Waals surface area contributed by atoms with Gasteiger partial charge in [0.25, 0.3) is 0 Å². The summed E-state index contributed by atoms with van der Waals surface area (Å²) in [7, 11) is 0. The maximum Gasteiger partial charge on any atom is 0.315 e. The number of nitrogens with one attached hydrogen (secondary N) is 1. The Kier molecular flexibility index (Phi) is 4.22. The summed E-state index contributed by atoms with van der Waals surface area (Å²) in [5.41, 5.74) is -0.369. The lowest BCUT2D eigenvalue weighted by Gasteiger charge is -2.34. The van der Waals surface area contributed by atoms with Gasteiger partial charge in [-0.2, -0.15) is 0 Å². The molecule has 1 aromatic heterocycles. The van der Waals surface area contributed by atoms with E-state index in [4.69, 9.17) is 0 Å². The van der Waals surface area contributed by atoms with Gasteiger partial charge in [-0.3, -0.25) is 14.9 Å². The van der Waals surface area contributed by atoms with Crippen LogP contribution in [0.1, 0.15) is 27.7 Å². The second kappa shape index (κ2) is 5.27. The molecule has 1 aromatic rings. The van der Waals surface area contributed by atoms with Crippen molar-refractivity contribution in [2.24, 2.45) is 0 Å². The predicted octanol–water partition coefficient (Wildman–Crippen LogP) is 1.73. The highest BCUT2D eigenvalue weighted by Gasteiger charge is 2.29. The van der Waals surface area contributed by atoms with E-state index in [1.54, 1.807) is 11.6 Å². The van der Waals surface area contributed by atoms with E-state index in [0.717, 1.165) is 0 Å². The van der Waals surface area contributed by atoms with Crippen LogP contribution in [0.2, 0.25) is 0 Å². The number of anilines is 1. The van der Waals surface area contributed by atoms with Gasteiger partial charge >= 0.3 is 11.8 Å². The van der Waals surface area contributed by atoms with Crippen LogP contribution in [0.5, 0.6) is 0 Å². The first-order chi connectivity index (χ1) is 7.86. The lowest BCUT2D eigenvalue weighted by atomic mass is 10.1. The highest BCUT2D eigenvalue weighted by Crippen LogP contribution is 2.15. The number of hydrogen-bond donors (Lipinski definition) is 1. The number of aromatic nitrogens is 1. The van der Waals surface area contributed by atoms with Gasteiger partial charge in [-0.15, -0.1) is 11.3 Å². The predicted molar refractivity (Wildman–Crippen MR) is 67.9 cm³/mol. The minimum Gasteiger partial charge on any atom is -0.330 e. The van der Waals surface area contributed by atoms with Gasteiger partial charge in [0.15, 0.2) is 5.13 Å². The number of likely N-dealkylation sites (N-methyl/N-ethyl adjacent to an activating group) is 1. The third-order valence-corrected chi connectivity index (χ3v) is 2.91. The van der Waals surface area contributed by atoms with Gasteiger partial charge in [0.05, 0.1) is 0 Å². The van der Waals surface area contributed by atoms with Gasteiger partial charge in [0, 0.05) is 23.7 Å². The van der Waals surface area contributed by atoms with Crippen LogP contribution in [0.15, 0.2) is 11.6 Å². The molecule has 1 heterocycles. The van der Waals surface area contributed by atoms with Crippen LogP contribution in [0, 0.1) is 0 Å². The lowest BCUT2D eigenvalue weighted by Crippen LogP contribution is -2.49. The molecule has 0 aliphatic rings. The van der Waals surface area contributed by atoms with Crippen LogP contribution in [0.4, 0.5) is 5.13 Å². The van der Waals surface area contributed by atoms with Crippen LogP contribution >= 0.6 is 11.3 Å². The minimum atomic E-state index is -0.642. The SMILES string of the molecule is CCN(C(=O)C(=O)Nc1nccs1)C(C)(C)C. The molecule has 0 unspecified atom stereocenters. The number of nitrogens with zero attached hydrogens (tertiary/aromatic N) is 2. The third kappa shape index (κ3) is 3.52. The summed E-state index contributed by atoms with van der Waals surface area (Å²) in [6.45, 7) is 8.02. The first-order valence-corrected chi connectivity index (χ1v) is 6.26. The zero-order valence-electron chi connectivity index (χ0n) is 10.5. The smallest absolute Gasteiger partial charge is 0.315 e. The largest absolute Gasteiger partial charge is 0.330 e. The summed E-state index contributed by atoms with van der Waals surface area (Å²) >= 11 is 1.28. The Bertz CT molecular complexity index is 395. The topological polar surface area (TPSA) is 62.3 Å². The molecule has 0 aliphatic heterocycles. The molecule has 2 amide bonds. The van der Waals surface area contributed by atoms with Gasteiger partial charge < -0.3 is 4.90 Å². The van der Waals surface area contributed by atoms with Crippen molar-refractivity contribution in [3.8, 4) is 0 Å². The molecule has 0 saturated heterocycles. The lowest BCUT2D eigenvalue weighted by molar-refractivity contribution is -0.146. The molecule has 6 heteroatoms. The zero-order valence-corrected chi connectivity index (χ0v) is 11.3. The molecule has 17 heavy (non-hydrogen) atoms. The molecule has 0 atom stereocenters. The Morgan fingerprint density at radius 2 is 2.12 bits per heavy atom. The maximum atomic E-state index is 11.9.